The van der Waals surface area contributed by atoms with Gasteiger partial charge in [-0.1, -0.05) is 68.4 Å². The molecule has 0 saturated heterocycles. The van der Waals surface area contributed by atoms with E-state index in [1.165, 1.54) is 0 Å². The second kappa shape index (κ2) is 69.4. The van der Waals surface area contributed by atoms with Crippen molar-refractivity contribution in [2.45, 2.75) is 201 Å². The number of carbonyl (C=O) groups is 12. The Morgan fingerprint density at radius 2 is 0.636 bits per heavy atom. The predicted molar refractivity (Wildman–Crippen MR) is 446 cm³/mol. The molecule has 0 fully saturated rings. The van der Waals surface area contributed by atoms with Crippen molar-refractivity contribution in [1.82, 2.24) is 31.9 Å². The molecule has 34 nitrogen and oxygen atoms in total. The fraction of sp³-hybridized carbons (Fsp3) is 0.655. The van der Waals surface area contributed by atoms with Gasteiger partial charge in [-0.2, -0.15) is 0 Å². The molecule has 6 amide bonds. The highest BCUT2D eigenvalue weighted by Gasteiger charge is 2.25. The quantitative estimate of drug-likeness (QED) is 0.0174. The maximum atomic E-state index is 13.0. The summed E-state index contributed by atoms with van der Waals surface area (Å²) in [5.74, 6) is -2.44. The number of Topliss-reactive ketones (excluding diaryl/α,β-unsaturated/α-hetero) is 2. The average molecular weight is 1710 g/mol. The van der Waals surface area contributed by atoms with E-state index in [9.17, 15) is 62.6 Å². The monoisotopic (exact) mass is 1710 g/mol. The van der Waals surface area contributed by atoms with E-state index in [0.717, 1.165) is 29.5 Å². The van der Waals surface area contributed by atoms with Gasteiger partial charge in [0.25, 0.3) is 0 Å². The van der Waals surface area contributed by atoms with Crippen molar-refractivity contribution in [1.29, 1.82) is 0 Å². The van der Waals surface area contributed by atoms with Crippen LogP contribution in [0.2, 0.25) is 0 Å². The first-order valence-corrected chi connectivity index (χ1v) is 41.9. The van der Waals surface area contributed by atoms with Gasteiger partial charge in [-0.25, -0.2) is 9.59 Å². The lowest BCUT2D eigenvalue weighted by molar-refractivity contribution is -0.157. The largest absolute Gasteiger partial charge is 0.491 e. The Bertz CT molecular complexity index is 3360. The molecule has 34 heteroatoms. The zero-order valence-corrected chi connectivity index (χ0v) is 72.4. The molecule has 0 spiro atoms. The van der Waals surface area contributed by atoms with Gasteiger partial charge in [-0.3, -0.25) is 47.9 Å². The Labute approximate surface area is 712 Å². The van der Waals surface area contributed by atoms with Gasteiger partial charge in [0.15, 0.2) is 0 Å². The Balaban J connectivity index is 0.000000826. The Hall–Kier alpha value is -9.10. The topological polar surface area (TPSA) is 436 Å². The summed E-state index contributed by atoms with van der Waals surface area (Å²) in [6.07, 6.45) is 5.61. The van der Waals surface area contributed by atoms with E-state index in [0.29, 0.717) is 89.8 Å². The molecule has 0 aromatic heterocycles. The van der Waals surface area contributed by atoms with Gasteiger partial charge in [-0.05, 0) is 108 Å². The van der Waals surface area contributed by atoms with Gasteiger partial charge >= 0.3 is 23.9 Å². The lowest BCUT2D eigenvalue weighted by Crippen LogP contribution is -2.43. The lowest BCUT2D eigenvalue weighted by Gasteiger charge is -2.19. The van der Waals surface area contributed by atoms with Gasteiger partial charge in [0.1, 0.15) is 66.2 Å². The van der Waals surface area contributed by atoms with Crippen LogP contribution in [0.3, 0.4) is 0 Å². The van der Waals surface area contributed by atoms with Crippen LogP contribution in [0, 0.1) is 0 Å². The van der Waals surface area contributed by atoms with Crippen LogP contribution in [0.1, 0.15) is 175 Å². The molecule has 7 N–H and O–H groups in total. The van der Waals surface area contributed by atoms with Crippen LogP contribution in [-0.4, -0.2) is 271 Å². The third-order valence-corrected chi connectivity index (χ3v) is 16.3. The summed E-state index contributed by atoms with van der Waals surface area (Å²) in [6, 6.07) is 21.5. The first kappa shape index (κ1) is 108. The summed E-state index contributed by atoms with van der Waals surface area (Å²) < 4.78 is 81.5. The molecule has 3 aromatic rings. The van der Waals surface area contributed by atoms with E-state index >= 15 is 0 Å². The zero-order chi connectivity index (χ0) is 88.8. The minimum absolute atomic E-state index is 0.0426. The lowest BCUT2D eigenvalue weighted by atomic mass is 10.1. The van der Waals surface area contributed by atoms with E-state index in [-0.39, 0.29) is 262 Å². The van der Waals surface area contributed by atoms with Gasteiger partial charge in [0, 0.05) is 130 Å². The molecule has 0 unspecified atom stereocenters. The van der Waals surface area contributed by atoms with Crippen LogP contribution in [0.25, 0.3) is 0 Å². The van der Waals surface area contributed by atoms with Crippen molar-refractivity contribution in [2.24, 2.45) is 0 Å². The Kier molecular flexibility index (Phi) is 62.0. The molecule has 3 rings (SSSR count). The molecule has 2 atom stereocenters. The van der Waals surface area contributed by atoms with Crippen molar-refractivity contribution >= 4 is 70.9 Å². The molecule has 0 bridgehead atoms. The van der Waals surface area contributed by atoms with Crippen LogP contribution in [0.4, 0.5) is 0 Å². The van der Waals surface area contributed by atoms with Crippen LogP contribution < -0.4 is 41.4 Å². The van der Waals surface area contributed by atoms with E-state index < -0.39 is 35.2 Å². The third-order valence-electron chi connectivity index (χ3n) is 16.3. The van der Waals surface area contributed by atoms with E-state index in [1.54, 1.807) is 77.9 Å². The second-order valence-corrected chi connectivity index (χ2v) is 29.5. The minimum atomic E-state index is -1.12. The number of ketones is 2. The highest BCUT2D eigenvalue weighted by atomic mass is 16.6. The molecule has 3 aromatic carbocycles. The molecular weight excluding hydrogens is 1580 g/mol. The Morgan fingerprint density at radius 1 is 0.322 bits per heavy atom. The van der Waals surface area contributed by atoms with E-state index in [2.05, 4.69) is 31.9 Å². The van der Waals surface area contributed by atoms with E-state index in [1.807, 2.05) is 56.3 Å². The summed E-state index contributed by atoms with van der Waals surface area (Å²) in [5, 5.41) is 25.8. The molecule has 0 saturated carbocycles. The second-order valence-electron chi connectivity index (χ2n) is 29.5. The number of hydrogen-bond acceptors (Lipinski definition) is 27. The van der Waals surface area contributed by atoms with E-state index in [4.69, 9.17) is 71.1 Å². The van der Waals surface area contributed by atoms with Crippen LogP contribution in [-0.2, 0) is 139 Å². The van der Waals surface area contributed by atoms with Crippen molar-refractivity contribution in [3.63, 3.8) is 0 Å². The van der Waals surface area contributed by atoms with Crippen LogP contribution >= 0.6 is 0 Å². The smallest absolute Gasteiger partial charge is 0.329 e. The number of hydrogen-bond donors (Lipinski definition) is 7. The maximum Gasteiger partial charge on any atom is 0.329 e. The molecule has 0 heterocycles. The fourth-order valence-electron chi connectivity index (χ4n) is 10.3. The van der Waals surface area contributed by atoms with Crippen molar-refractivity contribution in [2.75, 3.05) is 172 Å². The number of amides is 6. The third kappa shape index (κ3) is 65.3. The number of carboxylic acids is 1. The highest BCUT2D eigenvalue weighted by Crippen LogP contribution is 2.17. The molecule has 0 aliphatic heterocycles. The average Bonchev–Trinajstić information content (AvgIpc) is 0.826. The predicted octanol–water partition coefficient (Wildman–Crippen LogP) is 6.75. The number of carboxylic acid groups (broad SMARTS) is 1. The number of aliphatic carboxylic acids is 1. The van der Waals surface area contributed by atoms with Gasteiger partial charge in [0.05, 0.1) is 119 Å². The standard InChI is InChI=1S/C47H71N3O14.C40H65N3O14/c1-5-24-57-29-20-44(54)50-41(46(56)63-36-38-10-7-6-8-11-38)35-37-13-15-40(16-14-37)62-34-33-61-28-19-43(53)48-22-31-59-26-17-39(51)12-9-25-58-27-18-42(52)49-23-32-60-30-21-45(55)64-47(2,3)4;1-5-19-51-24-15-37(47)43-34(39(49)50)30-31-8-10-33(11-9-31)56-29-28-55-23-14-36(46)41-17-26-53-21-12-32(44)7-6-20-52-22-13-35(45)42-18-27-54-25-16-38(48)57-40(2,3)4/h6-8,10-11,13-16,41H,5,9,12,17-36H2,1-4H3,(H,48,53)(H,49,52)(H,50,54);8-11,34H,5-7,12-30H2,1-4H3,(H,41,46)(H,42,45)(H,43,47)(H,49,50)/t41-;34-/m00/s1. The summed E-state index contributed by atoms with van der Waals surface area (Å²) in [4.78, 5) is 145. The van der Waals surface area contributed by atoms with Crippen molar-refractivity contribution < 1.29 is 134 Å². The number of rotatable bonds is 72. The first-order valence-electron chi connectivity index (χ1n) is 41.9. The molecule has 682 valence electrons. The van der Waals surface area contributed by atoms with Gasteiger partial charge in [-0.15, -0.1) is 0 Å². The normalized spacial score (nSPS) is 11.7. The first-order chi connectivity index (χ1) is 58.1. The van der Waals surface area contributed by atoms with Crippen LogP contribution in [0.15, 0.2) is 78.9 Å². The summed E-state index contributed by atoms with van der Waals surface area (Å²) in [6.45, 7) is 22.5. The SMILES string of the molecule is CCCOCCC(=O)N[C@@H](Cc1ccc(OCCOCCC(=O)NCCOCCC(=O)CCCOCCC(=O)NCCOCCC(=O)OC(C)(C)C)cc1)C(=O)O.CCCOCCC(=O)N[C@@H](Cc1ccc(OCCOCCC(=O)NCCOCCC(=O)CCCOCCC(=O)NCCOCCC(=O)OC(C)(C)C)cc1)C(=O)OCc1ccccc1. The summed E-state index contributed by atoms with van der Waals surface area (Å²) >= 11 is 0. The number of esters is 3. The number of carbonyl (C=O) groups excluding carboxylic acids is 11. The summed E-state index contributed by atoms with van der Waals surface area (Å²) in [5.41, 5.74) is 1.32. The van der Waals surface area contributed by atoms with Crippen LogP contribution in [0.5, 0.6) is 11.5 Å². The number of benzene rings is 3. The van der Waals surface area contributed by atoms with Crippen molar-refractivity contribution in [3.8, 4) is 11.5 Å². The number of nitrogens with one attached hydrogen (secondary N) is 6. The maximum absolute atomic E-state index is 13.0. The molecule has 0 radical (unpaired) electrons. The Morgan fingerprint density at radius 3 is 0.992 bits per heavy atom. The highest BCUT2D eigenvalue weighted by molar-refractivity contribution is 5.85. The summed E-state index contributed by atoms with van der Waals surface area (Å²) in [7, 11) is 0. The van der Waals surface area contributed by atoms with Gasteiger partial charge in [0.2, 0.25) is 35.4 Å². The number of ether oxygens (including phenoxy) is 15. The molecule has 0 aliphatic rings. The zero-order valence-electron chi connectivity index (χ0n) is 72.4. The van der Waals surface area contributed by atoms with Gasteiger partial charge < -0.3 is 108 Å². The molecule has 0 aliphatic carbocycles. The molecular formula is C87H136N6O28. The van der Waals surface area contributed by atoms with Crippen molar-refractivity contribution in [3.05, 3.63) is 95.6 Å². The fourth-order valence-corrected chi connectivity index (χ4v) is 10.3. The molecule has 121 heavy (non-hydrogen) atoms. The minimum Gasteiger partial charge on any atom is -0.491 e.